The van der Waals surface area contributed by atoms with Crippen LogP contribution in [0, 0.1) is 5.92 Å². The molecule has 1 aromatic carbocycles. The Kier molecular flexibility index (Phi) is 2.49. The van der Waals surface area contributed by atoms with Gasteiger partial charge in [-0.1, -0.05) is 24.3 Å². The van der Waals surface area contributed by atoms with Gasteiger partial charge in [-0.05, 0) is 43.5 Å². The first-order chi connectivity index (χ1) is 7.75. The molecule has 0 radical (unpaired) electrons. The number of nitrogens with zero attached hydrogens (tertiary/aromatic N) is 1. The van der Waals surface area contributed by atoms with Crippen LogP contribution in [-0.2, 0) is 0 Å². The van der Waals surface area contributed by atoms with Crippen molar-refractivity contribution in [3.05, 3.63) is 35.4 Å². The van der Waals surface area contributed by atoms with Crippen molar-refractivity contribution in [1.29, 1.82) is 0 Å². The predicted octanol–water partition coefficient (Wildman–Crippen LogP) is 2.16. The first-order valence-corrected chi connectivity index (χ1v) is 6.21. The van der Waals surface area contributed by atoms with Crippen molar-refractivity contribution in [2.45, 2.75) is 24.9 Å². The summed E-state index contributed by atoms with van der Waals surface area (Å²) >= 11 is 0. The minimum atomic E-state index is -0.256. The number of likely N-dealkylation sites (tertiary alicyclic amines) is 1. The molecule has 1 saturated heterocycles. The van der Waals surface area contributed by atoms with E-state index < -0.39 is 0 Å². The molecule has 0 amide bonds. The molecule has 0 spiro atoms. The molecule has 3 unspecified atom stereocenters. The number of benzene rings is 1. The lowest BCUT2D eigenvalue weighted by Gasteiger charge is -2.33. The molecule has 0 aromatic heterocycles. The van der Waals surface area contributed by atoms with Gasteiger partial charge in [-0.3, -0.25) is 0 Å². The maximum atomic E-state index is 10.4. The van der Waals surface area contributed by atoms with Crippen LogP contribution in [0.3, 0.4) is 0 Å². The molecule has 16 heavy (non-hydrogen) atoms. The second kappa shape index (κ2) is 3.86. The summed E-state index contributed by atoms with van der Waals surface area (Å²) in [6, 6.07) is 8.44. The Hall–Kier alpha value is -0.860. The summed E-state index contributed by atoms with van der Waals surface area (Å²) in [5, 5.41) is 10.4. The van der Waals surface area contributed by atoms with E-state index in [1.165, 1.54) is 17.5 Å². The van der Waals surface area contributed by atoms with Gasteiger partial charge in [0.05, 0.1) is 6.10 Å². The summed E-state index contributed by atoms with van der Waals surface area (Å²) < 4.78 is 0. The molecule has 1 aliphatic carbocycles. The standard InChI is InChI=1S/C14H19NO/c1-15-7-6-10-8-11(9-15)14(16)13-5-3-2-4-12(10)13/h2-5,10-11,14,16H,6-9H2,1H3. The monoisotopic (exact) mass is 217 g/mol. The SMILES string of the molecule is CN1CCC2CC(C1)C(O)c1ccccc12. The highest BCUT2D eigenvalue weighted by atomic mass is 16.3. The molecule has 3 rings (SSSR count). The number of rotatable bonds is 0. The van der Waals surface area contributed by atoms with Crippen LogP contribution in [0.25, 0.3) is 0 Å². The van der Waals surface area contributed by atoms with Crippen molar-refractivity contribution in [3.8, 4) is 0 Å². The van der Waals surface area contributed by atoms with E-state index >= 15 is 0 Å². The summed E-state index contributed by atoms with van der Waals surface area (Å²) in [5.41, 5.74) is 2.57. The third-order valence-electron chi connectivity index (χ3n) is 4.19. The molecule has 1 fully saturated rings. The van der Waals surface area contributed by atoms with Gasteiger partial charge in [0.25, 0.3) is 0 Å². The zero-order valence-electron chi connectivity index (χ0n) is 9.76. The largest absolute Gasteiger partial charge is 0.388 e. The maximum absolute atomic E-state index is 10.4. The lowest BCUT2D eigenvalue weighted by Crippen LogP contribution is -2.29. The molecule has 0 saturated carbocycles. The quantitative estimate of drug-likeness (QED) is 0.720. The first kappa shape index (κ1) is 10.3. The summed E-state index contributed by atoms with van der Waals surface area (Å²) in [4.78, 5) is 2.36. The van der Waals surface area contributed by atoms with Gasteiger partial charge in [-0.25, -0.2) is 0 Å². The van der Waals surface area contributed by atoms with E-state index in [2.05, 4.69) is 30.1 Å². The number of hydrogen-bond acceptors (Lipinski definition) is 2. The van der Waals surface area contributed by atoms with Gasteiger partial charge >= 0.3 is 0 Å². The fourth-order valence-corrected chi connectivity index (χ4v) is 3.34. The number of fused-ring (bicyclic) bond motifs is 4. The Labute approximate surface area is 96.9 Å². The molecule has 2 heteroatoms. The van der Waals surface area contributed by atoms with E-state index in [-0.39, 0.29) is 6.10 Å². The molecule has 2 nitrogen and oxygen atoms in total. The fourth-order valence-electron chi connectivity index (χ4n) is 3.34. The van der Waals surface area contributed by atoms with Gasteiger partial charge in [0, 0.05) is 12.5 Å². The predicted molar refractivity (Wildman–Crippen MR) is 64.4 cm³/mol. The van der Waals surface area contributed by atoms with E-state index in [4.69, 9.17) is 0 Å². The molecule has 2 aliphatic rings. The van der Waals surface area contributed by atoms with Crippen LogP contribution in [0.4, 0.5) is 0 Å². The third-order valence-corrected chi connectivity index (χ3v) is 4.19. The van der Waals surface area contributed by atoms with Crippen LogP contribution in [-0.4, -0.2) is 30.1 Å². The van der Waals surface area contributed by atoms with E-state index in [0.29, 0.717) is 11.8 Å². The third kappa shape index (κ3) is 1.57. The van der Waals surface area contributed by atoms with Crippen molar-refractivity contribution >= 4 is 0 Å². The topological polar surface area (TPSA) is 23.5 Å². The lowest BCUT2D eigenvalue weighted by molar-refractivity contribution is 0.0774. The molecular weight excluding hydrogens is 198 g/mol. The summed E-state index contributed by atoms with van der Waals surface area (Å²) in [6.07, 6.45) is 2.13. The van der Waals surface area contributed by atoms with Crippen LogP contribution < -0.4 is 0 Å². The van der Waals surface area contributed by atoms with E-state index in [1.807, 2.05) is 6.07 Å². The Balaban J connectivity index is 2.03. The molecular formula is C14H19NO. The lowest BCUT2D eigenvalue weighted by atomic mass is 9.75. The van der Waals surface area contributed by atoms with Gasteiger partial charge in [0.15, 0.2) is 0 Å². The Morgan fingerprint density at radius 3 is 2.81 bits per heavy atom. The van der Waals surface area contributed by atoms with Crippen molar-refractivity contribution in [3.63, 3.8) is 0 Å². The van der Waals surface area contributed by atoms with Crippen LogP contribution >= 0.6 is 0 Å². The summed E-state index contributed by atoms with van der Waals surface area (Å²) in [6.45, 7) is 2.19. The van der Waals surface area contributed by atoms with Crippen LogP contribution in [0.15, 0.2) is 24.3 Å². The van der Waals surface area contributed by atoms with E-state index in [0.717, 1.165) is 19.5 Å². The Morgan fingerprint density at radius 2 is 2.00 bits per heavy atom. The highest BCUT2D eigenvalue weighted by molar-refractivity contribution is 5.35. The van der Waals surface area contributed by atoms with E-state index in [1.54, 1.807) is 0 Å². The molecule has 2 bridgehead atoms. The van der Waals surface area contributed by atoms with Crippen LogP contribution in [0.5, 0.6) is 0 Å². The second-order valence-electron chi connectivity index (χ2n) is 5.32. The zero-order chi connectivity index (χ0) is 11.1. The Bertz CT molecular complexity index is 375. The molecule has 1 aliphatic heterocycles. The molecule has 1 heterocycles. The Morgan fingerprint density at radius 1 is 1.25 bits per heavy atom. The summed E-state index contributed by atoms with van der Waals surface area (Å²) in [7, 11) is 2.16. The number of hydrogen-bond donors (Lipinski definition) is 1. The highest BCUT2D eigenvalue weighted by Crippen LogP contribution is 2.44. The average Bonchev–Trinajstić information content (AvgIpc) is 2.47. The average molecular weight is 217 g/mol. The molecule has 1 N–H and O–H groups in total. The smallest absolute Gasteiger partial charge is 0.0833 e. The van der Waals surface area contributed by atoms with Crippen molar-refractivity contribution in [1.82, 2.24) is 4.90 Å². The zero-order valence-corrected chi connectivity index (χ0v) is 9.76. The number of aliphatic hydroxyl groups excluding tert-OH is 1. The first-order valence-electron chi connectivity index (χ1n) is 6.21. The minimum absolute atomic E-state index is 0.256. The molecule has 1 aromatic rings. The normalized spacial score (nSPS) is 34.2. The van der Waals surface area contributed by atoms with Gasteiger partial charge in [0.2, 0.25) is 0 Å². The molecule has 86 valence electrons. The van der Waals surface area contributed by atoms with Gasteiger partial charge in [-0.15, -0.1) is 0 Å². The maximum Gasteiger partial charge on any atom is 0.0833 e. The van der Waals surface area contributed by atoms with Crippen molar-refractivity contribution in [2.24, 2.45) is 5.92 Å². The number of aliphatic hydroxyl groups is 1. The fraction of sp³-hybridized carbons (Fsp3) is 0.571. The second-order valence-corrected chi connectivity index (χ2v) is 5.32. The van der Waals surface area contributed by atoms with E-state index in [9.17, 15) is 5.11 Å². The van der Waals surface area contributed by atoms with Gasteiger partial charge in [0.1, 0.15) is 0 Å². The van der Waals surface area contributed by atoms with Crippen LogP contribution in [0.1, 0.15) is 36.0 Å². The highest BCUT2D eigenvalue weighted by Gasteiger charge is 2.35. The summed E-state index contributed by atoms with van der Waals surface area (Å²) in [5.74, 6) is 1.09. The van der Waals surface area contributed by atoms with Crippen molar-refractivity contribution in [2.75, 3.05) is 20.1 Å². The van der Waals surface area contributed by atoms with Crippen LogP contribution in [0.2, 0.25) is 0 Å². The van der Waals surface area contributed by atoms with Gasteiger partial charge < -0.3 is 10.0 Å². The molecule has 3 atom stereocenters. The van der Waals surface area contributed by atoms with Crippen molar-refractivity contribution < 1.29 is 5.11 Å². The minimum Gasteiger partial charge on any atom is -0.388 e. The van der Waals surface area contributed by atoms with Gasteiger partial charge in [-0.2, -0.15) is 0 Å².